The lowest BCUT2D eigenvalue weighted by atomic mass is 10.3. The number of hydrogen-bond acceptors (Lipinski definition) is 4. The molecule has 0 fully saturated rings. The molecule has 0 aliphatic carbocycles. The number of nitrogens with zero attached hydrogens (tertiary/aromatic N) is 1. The normalized spacial score (nSPS) is 10.8. The molecule has 2 aromatic rings. The highest BCUT2D eigenvalue weighted by Gasteiger charge is 2.11. The third kappa shape index (κ3) is 2.75. The highest BCUT2D eigenvalue weighted by atomic mass is 127. The third-order valence-corrected chi connectivity index (χ3v) is 4.31. The summed E-state index contributed by atoms with van der Waals surface area (Å²) in [5, 5.41) is 0. The van der Waals surface area contributed by atoms with Gasteiger partial charge in [0, 0.05) is 12.0 Å². The van der Waals surface area contributed by atoms with E-state index in [1.165, 1.54) is 4.88 Å². The molecular formula is C11H11IN2O2S. The summed E-state index contributed by atoms with van der Waals surface area (Å²) in [4.78, 5) is 21.1. The van der Waals surface area contributed by atoms with Crippen molar-refractivity contribution in [1.82, 2.24) is 9.97 Å². The molecule has 0 saturated heterocycles. The van der Waals surface area contributed by atoms with E-state index in [4.69, 9.17) is 4.74 Å². The highest BCUT2D eigenvalue weighted by Crippen LogP contribution is 2.24. The number of aromatic nitrogens is 2. The van der Waals surface area contributed by atoms with Crippen molar-refractivity contribution in [3.8, 4) is 10.7 Å². The Hall–Kier alpha value is -0.730. The minimum absolute atomic E-state index is 0.117. The Balaban J connectivity index is 2.52. The van der Waals surface area contributed by atoms with Crippen molar-refractivity contribution in [2.45, 2.75) is 13.5 Å². The van der Waals surface area contributed by atoms with E-state index >= 15 is 0 Å². The summed E-state index contributed by atoms with van der Waals surface area (Å²) in [6.45, 7) is 2.37. The van der Waals surface area contributed by atoms with E-state index in [-0.39, 0.29) is 5.56 Å². The summed E-state index contributed by atoms with van der Waals surface area (Å²) in [7, 11) is 1.59. The van der Waals surface area contributed by atoms with Gasteiger partial charge in [0.2, 0.25) is 0 Å². The quantitative estimate of drug-likeness (QED) is 0.854. The highest BCUT2D eigenvalue weighted by molar-refractivity contribution is 14.1. The minimum atomic E-state index is -0.117. The van der Waals surface area contributed by atoms with Gasteiger partial charge in [-0.15, -0.1) is 11.3 Å². The van der Waals surface area contributed by atoms with E-state index in [1.54, 1.807) is 18.4 Å². The number of nitrogens with one attached hydrogen (secondary N) is 1. The first-order chi connectivity index (χ1) is 8.11. The van der Waals surface area contributed by atoms with Crippen molar-refractivity contribution in [3.05, 3.63) is 36.6 Å². The summed E-state index contributed by atoms with van der Waals surface area (Å²) in [5.41, 5.74) is 0.562. The molecule has 0 radical (unpaired) electrons. The average molecular weight is 362 g/mol. The Morgan fingerprint density at radius 2 is 2.29 bits per heavy atom. The molecule has 2 aromatic heterocycles. The Morgan fingerprint density at radius 1 is 1.53 bits per heavy atom. The maximum absolute atomic E-state index is 11.8. The van der Waals surface area contributed by atoms with Crippen LogP contribution in [0.15, 0.2) is 16.9 Å². The maximum atomic E-state index is 11.8. The Bertz CT molecular complexity index is 591. The molecule has 17 heavy (non-hydrogen) atoms. The van der Waals surface area contributed by atoms with Crippen molar-refractivity contribution in [2.24, 2.45) is 0 Å². The van der Waals surface area contributed by atoms with Crippen LogP contribution in [0.3, 0.4) is 0 Å². The fraction of sp³-hybridized carbons (Fsp3) is 0.273. The topological polar surface area (TPSA) is 55.0 Å². The lowest BCUT2D eigenvalue weighted by molar-refractivity contribution is 0.180. The van der Waals surface area contributed by atoms with Gasteiger partial charge in [-0.25, -0.2) is 4.98 Å². The fourth-order valence-corrected chi connectivity index (χ4v) is 2.64. The number of aryl methyl sites for hydroxylation is 1. The van der Waals surface area contributed by atoms with Crippen molar-refractivity contribution < 1.29 is 4.74 Å². The van der Waals surface area contributed by atoms with Crippen LogP contribution in [0.5, 0.6) is 0 Å². The fourth-order valence-electron chi connectivity index (χ4n) is 1.42. The molecule has 0 aliphatic rings. The molecule has 0 amide bonds. The standard InChI is InChI=1S/C11H11IN2O2S/c1-6-3-4-8(17-6)10-13-7(5-16-2)9(12)11(15)14-10/h3-4H,5H2,1-2H3,(H,13,14,15). The molecule has 6 heteroatoms. The Labute approximate surface area is 116 Å². The van der Waals surface area contributed by atoms with Gasteiger partial charge in [-0.1, -0.05) is 0 Å². The van der Waals surface area contributed by atoms with Gasteiger partial charge in [0.05, 0.1) is 17.2 Å². The molecule has 0 atom stereocenters. The van der Waals surface area contributed by atoms with E-state index < -0.39 is 0 Å². The van der Waals surface area contributed by atoms with Gasteiger partial charge in [0.25, 0.3) is 5.56 Å². The molecule has 4 nitrogen and oxygen atoms in total. The van der Waals surface area contributed by atoms with Crippen LogP contribution in [0.4, 0.5) is 0 Å². The second-order valence-corrected chi connectivity index (χ2v) is 5.89. The molecule has 2 heterocycles. The van der Waals surface area contributed by atoms with Gasteiger partial charge in [0.1, 0.15) is 3.57 Å². The van der Waals surface area contributed by atoms with Crippen LogP contribution >= 0.6 is 33.9 Å². The lowest BCUT2D eigenvalue weighted by Gasteiger charge is -2.04. The average Bonchev–Trinajstić information content (AvgIpc) is 2.71. The molecule has 2 rings (SSSR count). The molecule has 0 bridgehead atoms. The molecule has 1 N–H and O–H groups in total. The van der Waals surface area contributed by atoms with Crippen LogP contribution in [-0.2, 0) is 11.3 Å². The zero-order chi connectivity index (χ0) is 12.4. The van der Waals surface area contributed by atoms with Gasteiger partial charge < -0.3 is 9.72 Å². The predicted molar refractivity (Wildman–Crippen MR) is 76.3 cm³/mol. The van der Waals surface area contributed by atoms with E-state index in [1.807, 2.05) is 41.6 Å². The van der Waals surface area contributed by atoms with E-state index in [0.29, 0.717) is 21.7 Å². The second kappa shape index (κ2) is 5.28. The summed E-state index contributed by atoms with van der Waals surface area (Å²) in [6, 6.07) is 3.97. The zero-order valence-electron chi connectivity index (χ0n) is 9.41. The van der Waals surface area contributed by atoms with Gasteiger partial charge in [-0.3, -0.25) is 4.79 Å². The predicted octanol–water partition coefficient (Wildman–Crippen LogP) is 2.56. The van der Waals surface area contributed by atoms with Crippen LogP contribution in [0.2, 0.25) is 0 Å². The van der Waals surface area contributed by atoms with Crippen LogP contribution in [0.1, 0.15) is 10.6 Å². The number of H-pyrrole nitrogens is 1. The SMILES string of the molecule is COCc1nc(-c2ccc(C)s2)[nH]c(=O)c1I. The molecule has 90 valence electrons. The molecular weight excluding hydrogens is 351 g/mol. The largest absolute Gasteiger partial charge is 0.378 e. The summed E-state index contributed by atoms with van der Waals surface area (Å²) in [5.74, 6) is 0.612. The lowest BCUT2D eigenvalue weighted by Crippen LogP contribution is -2.16. The van der Waals surface area contributed by atoms with Gasteiger partial charge in [-0.05, 0) is 41.6 Å². The Morgan fingerprint density at radius 3 is 2.88 bits per heavy atom. The van der Waals surface area contributed by atoms with Gasteiger partial charge >= 0.3 is 0 Å². The molecule has 0 aliphatic heterocycles. The monoisotopic (exact) mass is 362 g/mol. The van der Waals surface area contributed by atoms with Crippen molar-refractivity contribution in [1.29, 1.82) is 0 Å². The first-order valence-corrected chi connectivity index (χ1v) is 6.85. The molecule has 0 saturated carbocycles. The van der Waals surface area contributed by atoms with Crippen molar-refractivity contribution in [3.63, 3.8) is 0 Å². The van der Waals surface area contributed by atoms with Crippen LogP contribution in [0.25, 0.3) is 10.7 Å². The number of halogens is 1. The van der Waals surface area contributed by atoms with Crippen LogP contribution in [0, 0.1) is 10.5 Å². The molecule has 0 unspecified atom stereocenters. The number of aromatic amines is 1. The van der Waals surface area contributed by atoms with Crippen LogP contribution in [-0.4, -0.2) is 17.1 Å². The third-order valence-electron chi connectivity index (χ3n) is 2.19. The van der Waals surface area contributed by atoms with Gasteiger partial charge in [0.15, 0.2) is 5.82 Å². The first kappa shape index (κ1) is 12.7. The number of methoxy groups -OCH3 is 1. The van der Waals surface area contributed by atoms with E-state index in [0.717, 1.165) is 4.88 Å². The summed E-state index contributed by atoms with van der Waals surface area (Å²) in [6.07, 6.45) is 0. The number of ether oxygens (including phenoxy) is 1. The number of rotatable bonds is 3. The van der Waals surface area contributed by atoms with Crippen LogP contribution < -0.4 is 5.56 Å². The maximum Gasteiger partial charge on any atom is 0.264 e. The summed E-state index contributed by atoms with van der Waals surface area (Å²) >= 11 is 3.59. The van der Waals surface area contributed by atoms with E-state index in [2.05, 4.69) is 9.97 Å². The minimum Gasteiger partial charge on any atom is -0.378 e. The van der Waals surface area contributed by atoms with Gasteiger partial charge in [-0.2, -0.15) is 0 Å². The zero-order valence-corrected chi connectivity index (χ0v) is 12.4. The smallest absolute Gasteiger partial charge is 0.264 e. The second-order valence-electron chi connectivity index (χ2n) is 3.52. The number of thiophene rings is 1. The molecule has 0 aromatic carbocycles. The Kier molecular flexibility index (Phi) is 3.95. The first-order valence-electron chi connectivity index (χ1n) is 4.96. The summed E-state index contributed by atoms with van der Waals surface area (Å²) < 4.78 is 5.63. The van der Waals surface area contributed by atoms with Crippen molar-refractivity contribution in [2.75, 3.05) is 7.11 Å². The number of hydrogen-bond donors (Lipinski definition) is 1. The molecule has 0 spiro atoms. The van der Waals surface area contributed by atoms with Crippen molar-refractivity contribution >= 4 is 33.9 Å². The van der Waals surface area contributed by atoms with E-state index in [9.17, 15) is 4.79 Å².